The molecule has 1 saturated heterocycles. The van der Waals surface area contributed by atoms with Crippen molar-refractivity contribution in [3.8, 4) is 0 Å². The molecule has 2 N–H and O–H groups in total. The van der Waals surface area contributed by atoms with Gasteiger partial charge in [-0.25, -0.2) is 4.98 Å². The van der Waals surface area contributed by atoms with Crippen LogP contribution in [0.2, 0.25) is 0 Å². The molecular weight excluding hydrogens is 386 g/mol. The first-order valence-electron chi connectivity index (χ1n) is 10.9. The Bertz CT molecular complexity index is 1040. The van der Waals surface area contributed by atoms with Gasteiger partial charge in [-0.3, -0.25) is 4.79 Å². The van der Waals surface area contributed by atoms with Gasteiger partial charge in [0.05, 0.1) is 6.42 Å². The summed E-state index contributed by atoms with van der Waals surface area (Å²) in [4.78, 5) is 23.9. The molecule has 1 amide bonds. The summed E-state index contributed by atoms with van der Waals surface area (Å²) in [5, 5.41) is 6.25. The quantitative estimate of drug-likeness (QED) is 0.592. The lowest BCUT2D eigenvalue weighted by Gasteiger charge is -2.28. The number of amides is 1. The summed E-state index contributed by atoms with van der Waals surface area (Å²) < 4.78 is 0. The lowest BCUT2D eigenvalue weighted by Crippen LogP contribution is -2.30. The number of nitrogens with zero attached hydrogens (tertiary/aromatic N) is 3. The Morgan fingerprint density at radius 3 is 2.42 bits per heavy atom. The second kappa shape index (κ2) is 9.60. The van der Waals surface area contributed by atoms with Crippen molar-refractivity contribution in [1.82, 2.24) is 9.97 Å². The van der Waals surface area contributed by atoms with E-state index in [0.717, 1.165) is 47.1 Å². The number of benzene rings is 2. The van der Waals surface area contributed by atoms with Gasteiger partial charge < -0.3 is 15.5 Å². The van der Waals surface area contributed by atoms with Crippen LogP contribution in [-0.4, -0.2) is 29.0 Å². The molecular formula is C25H29N5O. The molecule has 2 heterocycles. The number of hydrogen-bond donors (Lipinski definition) is 2. The van der Waals surface area contributed by atoms with E-state index in [2.05, 4.69) is 20.5 Å². The third kappa shape index (κ3) is 5.81. The van der Waals surface area contributed by atoms with Crippen LogP contribution in [0.4, 0.5) is 23.1 Å². The van der Waals surface area contributed by atoms with Crippen LogP contribution in [0.25, 0.3) is 0 Å². The largest absolute Gasteiger partial charge is 0.356 e. The summed E-state index contributed by atoms with van der Waals surface area (Å²) in [6, 6.07) is 17.7. The lowest BCUT2D eigenvalue weighted by molar-refractivity contribution is -0.115. The maximum absolute atomic E-state index is 12.3. The molecule has 0 spiro atoms. The molecule has 0 aliphatic carbocycles. The molecule has 160 valence electrons. The van der Waals surface area contributed by atoms with E-state index in [-0.39, 0.29) is 5.91 Å². The molecule has 6 heteroatoms. The molecule has 1 aromatic heterocycles. The molecule has 2 aromatic carbocycles. The van der Waals surface area contributed by atoms with Gasteiger partial charge in [0.15, 0.2) is 0 Å². The average Bonchev–Trinajstić information content (AvgIpc) is 2.75. The summed E-state index contributed by atoms with van der Waals surface area (Å²) >= 11 is 0. The number of carbonyl (C=O) groups excluding carboxylic acids is 1. The molecule has 0 bridgehead atoms. The molecule has 3 aromatic rings. The maximum atomic E-state index is 12.3. The Morgan fingerprint density at radius 1 is 0.935 bits per heavy atom. The summed E-state index contributed by atoms with van der Waals surface area (Å²) in [6.45, 7) is 6.12. The molecule has 31 heavy (non-hydrogen) atoms. The van der Waals surface area contributed by atoms with Crippen LogP contribution in [0.5, 0.6) is 0 Å². The summed E-state index contributed by atoms with van der Waals surface area (Å²) in [5.41, 5.74) is 4.76. The number of rotatable bonds is 6. The van der Waals surface area contributed by atoms with Crippen LogP contribution in [0.3, 0.4) is 0 Å². The molecule has 6 nitrogen and oxygen atoms in total. The van der Waals surface area contributed by atoms with Crippen LogP contribution >= 0.6 is 0 Å². The van der Waals surface area contributed by atoms with Crippen LogP contribution in [0.1, 0.15) is 36.1 Å². The molecule has 1 aliphatic heterocycles. The standard InChI is InChI=1S/C25H29N5O/c1-18-7-6-8-20(15-18)17-24(31)27-21-9-11-22(12-10-21)28-25-26-19(2)16-23(29-25)30-13-4-3-5-14-30/h6-12,15-16H,3-5,13-14,17H2,1-2H3,(H,27,31)(H,26,28,29). The van der Waals surface area contributed by atoms with Crippen molar-refractivity contribution in [1.29, 1.82) is 0 Å². The number of hydrogen-bond acceptors (Lipinski definition) is 5. The van der Waals surface area contributed by atoms with Gasteiger partial charge in [0.2, 0.25) is 11.9 Å². The number of aryl methyl sites for hydroxylation is 2. The maximum Gasteiger partial charge on any atom is 0.229 e. The Kier molecular flexibility index (Phi) is 6.46. The Balaban J connectivity index is 1.38. The SMILES string of the molecule is Cc1cccc(CC(=O)Nc2ccc(Nc3nc(C)cc(N4CCCCC4)n3)cc2)c1. The van der Waals surface area contributed by atoms with Crippen molar-refractivity contribution in [3.05, 3.63) is 71.4 Å². The smallest absolute Gasteiger partial charge is 0.229 e. The third-order valence-corrected chi connectivity index (χ3v) is 5.39. The Morgan fingerprint density at radius 2 is 1.68 bits per heavy atom. The highest BCUT2D eigenvalue weighted by atomic mass is 16.1. The van der Waals surface area contributed by atoms with Crippen molar-refractivity contribution >= 4 is 29.0 Å². The first-order valence-corrected chi connectivity index (χ1v) is 10.9. The van der Waals surface area contributed by atoms with Gasteiger partial charge in [-0.1, -0.05) is 29.8 Å². The molecule has 0 radical (unpaired) electrons. The van der Waals surface area contributed by atoms with Crippen LogP contribution < -0.4 is 15.5 Å². The lowest BCUT2D eigenvalue weighted by atomic mass is 10.1. The highest BCUT2D eigenvalue weighted by molar-refractivity contribution is 5.92. The van der Waals surface area contributed by atoms with Gasteiger partial charge in [-0.15, -0.1) is 0 Å². The number of carbonyl (C=O) groups is 1. The predicted octanol–water partition coefficient (Wildman–Crippen LogP) is 5.01. The summed E-state index contributed by atoms with van der Waals surface area (Å²) in [6.07, 6.45) is 4.07. The van der Waals surface area contributed by atoms with E-state index in [9.17, 15) is 4.79 Å². The van der Waals surface area contributed by atoms with Crippen LogP contribution in [0.15, 0.2) is 54.6 Å². The predicted molar refractivity (Wildman–Crippen MR) is 126 cm³/mol. The zero-order valence-corrected chi connectivity index (χ0v) is 18.2. The number of aromatic nitrogens is 2. The molecule has 0 saturated carbocycles. The van der Waals surface area contributed by atoms with E-state index in [1.54, 1.807) is 0 Å². The fourth-order valence-electron chi connectivity index (χ4n) is 3.87. The zero-order valence-electron chi connectivity index (χ0n) is 18.2. The van der Waals surface area contributed by atoms with Crippen molar-refractivity contribution < 1.29 is 4.79 Å². The minimum Gasteiger partial charge on any atom is -0.356 e. The van der Waals surface area contributed by atoms with Crippen molar-refractivity contribution in [2.45, 2.75) is 39.5 Å². The molecule has 4 rings (SSSR count). The van der Waals surface area contributed by atoms with Crippen molar-refractivity contribution in [2.75, 3.05) is 28.6 Å². The average molecular weight is 416 g/mol. The van der Waals surface area contributed by atoms with E-state index in [1.165, 1.54) is 19.3 Å². The van der Waals surface area contributed by atoms with Gasteiger partial charge >= 0.3 is 0 Å². The third-order valence-electron chi connectivity index (χ3n) is 5.39. The van der Waals surface area contributed by atoms with E-state index >= 15 is 0 Å². The molecule has 0 unspecified atom stereocenters. The van der Waals surface area contributed by atoms with E-state index in [4.69, 9.17) is 4.98 Å². The van der Waals surface area contributed by atoms with Gasteiger partial charge in [0.25, 0.3) is 0 Å². The van der Waals surface area contributed by atoms with Crippen LogP contribution in [0, 0.1) is 13.8 Å². The Labute approximate surface area is 183 Å². The molecule has 0 atom stereocenters. The topological polar surface area (TPSA) is 70.2 Å². The highest BCUT2D eigenvalue weighted by Crippen LogP contribution is 2.22. The van der Waals surface area contributed by atoms with E-state index in [0.29, 0.717) is 12.4 Å². The normalized spacial score (nSPS) is 13.7. The number of piperidine rings is 1. The van der Waals surface area contributed by atoms with Crippen molar-refractivity contribution in [2.24, 2.45) is 0 Å². The second-order valence-electron chi connectivity index (χ2n) is 8.16. The number of anilines is 4. The fourth-order valence-corrected chi connectivity index (χ4v) is 3.87. The molecule has 1 aliphatic rings. The minimum absolute atomic E-state index is 0.0282. The Hall–Kier alpha value is -3.41. The van der Waals surface area contributed by atoms with E-state index in [1.807, 2.05) is 68.4 Å². The van der Waals surface area contributed by atoms with Crippen LogP contribution in [-0.2, 0) is 11.2 Å². The van der Waals surface area contributed by atoms with Gasteiger partial charge in [0.1, 0.15) is 5.82 Å². The minimum atomic E-state index is -0.0282. The number of nitrogens with one attached hydrogen (secondary N) is 2. The molecule has 1 fully saturated rings. The second-order valence-corrected chi connectivity index (χ2v) is 8.16. The zero-order chi connectivity index (χ0) is 21.6. The first kappa shape index (κ1) is 20.8. The van der Waals surface area contributed by atoms with Gasteiger partial charge in [0, 0.05) is 36.2 Å². The summed E-state index contributed by atoms with van der Waals surface area (Å²) in [7, 11) is 0. The van der Waals surface area contributed by atoms with Crippen molar-refractivity contribution in [3.63, 3.8) is 0 Å². The highest BCUT2D eigenvalue weighted by Gasteiger charge is 2.14. The fraction of sp³-hybridized carbons (Fsp3) is 0.320. The monoisotopic (exact) mass is 415 g/mol. The van der Waals surface area contributed by atoms with Gasteiger partial charge in [-0.2, -0.15) is 4.98 Å². The first-order chi connectivity index (χ1) is 15.0. The van der Waals surface area contributed by atoms with Gasteiger partial charge in [-0.05, 0) is 62.9 Å². The summed E-state index contributed by atoms with van der Waals surface area (Å²) in [5.74, 6) is 1.55. The van der Waals surface area contributed by atoms with E-state index < -0.39 is 0 Å².